The Labute approximate surface area is 138 Å². The van der Waals surface area contributed by atoms with E-state index in [4.69, 9.17) is 5.11 Å². The van der Waals surface area contributed by atoms with Crippen LogP contribution in [0.25, 0.3) is 0 Å². The molecule has 0 saturated carbocycles. The van der Waals surface area contributed by atoms with Crippen molar-refractivity contribution in [1.82, 2.24) is 18.0 Å². The fourth-order valence-corrected chi connectivity index (χ4v) is 4.07. The molecule has 23 heavy (non-hydrogen) atoms. The minimum absolute atomic E-state index is 0.0277. The summed E-state index contributed by atoms with van der Waals surface area (Å²) < 4.78 is 32.7. The number of carboxylic acids is 1. The third-order valence-electron chi connectivity index (χ3n) is 3.77. The van der Waals surface area contributed by atoms with Crippen LogP contribution in [0.2, 0.25) is 0 Å². The van der Waals surface area contributed by atoms with E-state index in [1.807, 2.05) is 0 Å². The Morgan fingerprint density at radius 2 is 2.09 bits per heavy atom. The van der Waals surface area contributed by atoms with E-state index >= 15 is 0 Å². The van der Waals surface area contributed by atoms with Gasteiger partial charge in [-0.2, -0.15) is 8.75 Å². The molecule has 9 nitrogen and oxygen atoms in total. The van der Waals surface area contributed by atoms with Crippen LogP contribution in [0.1, 0.15) is 30.3 Å². The van der Waals surface area contributed by atoms with Crippen LogP contribution < -0.4 is 0 Å². The maximum absolute atomic E-state index is 12.4. The van der Waals surface area contributed by atoms with Crippen molar-refractivity contribution < 1.29 is 23.1 Å². The van der Waals surface area contributed by atoms with Gasteiger partial charge in [0.05, 0.1) is 23.7 Å². The van der Waals surface area contributed by atoms with Crippen molar-refractivity contribution in [3.05, 3.63) is 11.9 Å². The molecule has 1 aromatic heterocycles. The second-order valence-electron chi connectivity index (χ2n) is 5.15. The van der Waals surface area contributed by atoms with E-state index in [1.54, 1.807) is 6.92 Å². The number of hydrogen-bond acceptors (Lipinski definition) is 7. The van der Waals surface area contributed by atoms with Gasteiger partial charge in [0.1, 0.15) is 6.54 Å². The minimum Gasteiger partial charge on any atom is -0.480 e. The summed E-state index contributed by atoms with van der Waals surface area (Å²) in [5, 5.41) is 9.05. The average Bonchev–Trinajstić information content (AvgIpc) is 3.06. The molecule has 0 atom stereocenters. The average molecular weight is 362 g/mol. The Kier molecular flexibility index (Phi) is 5.65. The highest BCUT2D eigenvalue weighted by Crippen LogP contribution is 2.20. The summed E-state index contributed by atoms with van der Waals surface area (Å²) in [6, 6.07) is -0.330. The van der Waals surface area contributed by atoms with E-state index in [0.717, 1.165) is 11.7 Å². The molecule has 0 unspecified atom stereocenters. The van der Waals surface area contributed by atoms with Gasteiger partial charge in [0.25, 0.3) is 5.91 Å². The number of carbonyl (C=O) groups excluding carboxylic acids is 1. The normalized spacial score (nSPS) is 17.1. The van der Waals surface area contributed by atoms with Crippen molar-refractivity contribution in [2.75, 3.05) is 25.4 Å². The lowest BCUT2D eigenvalue weighted by Crippen LogP contribution is -2.50. The SMILES string of the molecule is CCS(=O)(=O)N1CCC(N(CC(=O)O)C(=O)c2cnsn2)CC1. The summed E-state index contributed by atoms with van der Waals surface area (Å²) in [6.45, 7) is 1.69. The molecule has 0 spiro atoms. The second-order valence-corrected chi connectivity index (χ2v) is 7.96. The van der Waals surface area contributed by atoms with E-state index in [0.29, 0.717) is 12.8 Å². The van der Waals surface area contributed by atoms with Crippen LogP contribution in [-0.4, -0.2) is 74.8 Å². The third kappa shape index (κ3) is 4.24. The van der Waals surface area contributed by atoms with Crippen LogP contribution in [0.3, 0.4) is 0 Å². The lowest BCUT2D eigenvalue weighted by molar-refractivity contribution is -0.138. The molecule has 0 aliphatic carbocycles. The number of amides is 1. The Morgan fingerprint density at radius 3 is 2.57 bits per heavy atom. The zero-order valence-electron chi connectivity index (χ0n) is 12.6. The molecule has 11 heteroatoms. The van der Waals surface area contributed by atoms with Crippen LogP contribution in [-0.2, 0) is 14.8 Å². The topological polar surface area (TPSA) is 121 Å². The lowest BCUT2D eigenvalue weighted by Gasteiger charge is -2.36. The predicted molar refractivity (Wildman–Crippen MR) is 82.6 cm³/mol. The standard InChI is InChI=1S/C12H18N4O5S2/c1-2-23(20,21)15-5-3-9(4-6-15)16(8-11(17)18)12(19)10-7-13-22-14-10/h7,9H,2-6,8H2,1H3,(H,17,18). The van der Waals surface area contributed by atoms with Gasteiger partial charge in [0.2, 0.25) is 10.0 Å². The van der Waals surface area contributed by atoms with Gasteiger partial charge >= 0.3 is 5.97 Å². The van der Waals surface area contributed by atoms with Crippen molar-refractivity contribution >= 4 is 33.6 Å². The number of rotatable bonds is 6. The summed E-state index contributed by atoms with van der Waals surface area (Å²) >= 11 is 0.875. The van der Waals surface area contributed by atoms with Gasteiger partial charge in [-0.1, -0.05) is 0 Å². The molecule has 1 saturated heterocycles. The summed E-state index contributed by atoms with van der Waals surface area (Å²) in [6.07, 6.45) is 2.10. The molecule has 1 amide bonds. The Balaban J connectivity index is 2.10. The Morgan fingerprint density at radius 1 is 1.43 bits per heavy atom. The van der Waals surface area contributed by atoms with E-state index in [-0.39, 0.29) is 30.6 Å². The molecule has 0 aromatic carbocycles. The van der Waals surface area contributed by atoms with Crippen LogP contribution in [0.15, 0.2) is 6.20 Å². The van der Waals surface area contributed by atoms with Crippen molar-refractivity contribution in [1.29, 1.82) is 0 Å². The molecule has 1 aromatic rings. The third-order valence-corrected chi connectivity index (χ3v) is 6.13. The first-order valence-electron chi connectivity index (χ1n) is 7.13. The largest absolute Gasteiger partial charge is 0.480 e. The van der Waals surface area contributed by atoms with Gasteiger partial charge in [-0.3, -0.25) is 9.59 Å². The number of carbonyl (C=O) groups is 2. The monoisotopic (exact) mass is 362 g/mol. The number of carboxylic acid groups (broad SMARTS) is 1. The minimum atomic E-state index is -3.26. The van der Waals surface area contributed by atoms with Crippen LogP contribution in [0.4, 0.5) is 0 Å². The highest BCUT2D eigenvalue weighted by molar-refractivity contribution is 7.89. The fourth-order valence-electron chi connectivity index (χ4n) is 2.53. The van der Waals surface area contributed by atoms with Gasteiger partial charge in [0.15, 0.2) is 5.69 Å². The first-order valence-corrected chi connectivity index (χ1v) is 9.47. The van der Waals surface area contributed by atoms with Gasteiger partial charge < -0.3 is 10.0 Å². The first kappa shape index (κ1) is 17.8. The highest BCUT2D eigenvalue weighted by Gasteiger charge is 2.33. The fraction of sp³-hybridized carbons (Fsp3) is 0.667. The highest BCUT2D eigenvalue weighted by atomic mass is 32.2. The number of sulfonamides is 1. The molecular weight excluding hydrogens is 344 g/mol. The second kappa shape index (κ2) is 7.32. The summed E-state index contributed by atoms with van der Waals surface area (Å²) in [5.41, 5.74) is 0.111. The van der Waals surface area contributed by atoms with Crippen LogP contribution >= 0.6 is 11.7 Å². The van der Waals surface area contributed by atoms with E-state index in [1.165, 1.54) is 15.4 Å². The van der Waals surface area contributed by atoms with Crippen molar-refractivity contribution in [2.45, 2.75) is 25.8 Å². The van der Waals surface area contributed by atoms with Gasteiger partial charge in [-0.05, 0) is 19.8 Å². The molecule has 2 heterocycles. The summed E-state index contributed by atoms with van der Waals surface area (Å²) in [4.78, 5) is 24.7. The van der Waals surface area contributed by atoms with E-state index in [2.05, 4.69) is 8.75 Å². The summed E-state index contributed by atoms with van der Waals surface area (Å²) in [7, 11) is -3.26. The number of hydrogen-bond donors (Lipinski definition) is 1. The summed E-state index contributed by atoms with van der Waals surface area (Å²) in [5.74, 6) is -1.58. The predicted octanol–water partition coefficient (Wildman–Crippen LogP) is -0.121. The van der Waals surface area contributed by atoms with E-state index < -0.39 is 28.4 Å². The molecule has 1 N–H and O–H groups in total. The smallest absolute Gasteiger partial charge is 0.323 e. The molecule has 1 aliphatic rings. The van der Waals surface area contributed by atoms with Crippen LogP contribution in [0, 0.1) is 0 Å². The molecule has 1 fully saturated rings. The lowest BCUT2D eigenvalue weighted by atomic mass is 10.0. The molecule has 1 aliphatic heterocycles. The Hall–Kier alpha value is -1.59. The molecule has 128 valence electrons. The van der Waals surface area contributed by atoms with Crippen molar-refractivity contribution in [3.8, 4) is 0 Å². The maximum atomic E-state index is 12.4. The maximum Gasteiger partial charge on any atom is 0.323 e. The van der Waals surface area contributed by atoms with Crippen molar-refractivity contribution in [2.24, 2.45) is 0 Å². The number of piperidine rings is 1. The van der Waals surface area contributed by atoms with Gasteiger partial charge in [-0.15, -0.1) is 0 Å². The molecular formula is C12H18N4O5S2. The van der Waals surface area contributed by atoms with E-state index in [9.17, 15) is 18.0 Å². The number of nitrogens with zero attached hydrogens (tertiary/aromatic N) is 4. The van der Waals surface area contributed by atoms with Crippen molar-refractivity contribution in [3.63, 3.8) is 0 Å². The number of aliphatic carboxylic acids is 1. The number of aromatic nitrogens is 2. The zero-order valence-corrected chi connectivity index (χ0v) is 14.2. The first-order chi connectivity index (χ1) is 10.8. The quantitative estimate of drug-likeness (QED) is 0.749. The molecule has 0 radical (unpaired) electrons. The Bertz CT molecular complexity index is 653. The van der Waals surface area contributed by atoms with Gasteiger partial charge in [-0.25, -0.2) is 12.7 Å². The molecule has 0 bridgehead atoms. The van der Waals surface area contributed by atoms with Crippen LogP contribution in [0.5, 0.6) is 0 Å². The zero-order chi connectivity index (χ0) is 17.0. The van der Waals surface area contributed by atoms with Gasteiger partial charge in [0, 0.05) is 19.1 Å². The molecule has 2 rings (SSSR count).